The molecule has 0 atom stereocenters. The number of carboxylic acid groups (broad SMARTS) is 1. The molecule has 2 rings (SSSR count). The van der Waals surface area contributed by atoms with Crippen molar-refractivity contribution in [3.8, 4) is 0 Å². The number of aromatic nitrogens is 3. The summed E-state index contributed by atoms with van der Waals surface area (Å²) < 4.78 is 2.03. The van der Waals surface area contributed by atoms with Crippen LogP contribution in [0.3, 0.4) is 0 Å². The number of aryl methyl sites for hydroxylation is 1. The highest BCUT2D eigenvalue weighted by Crippen LogP contribution is 2.20. The predicted octanol–water partition coefficient (Wildman–Crippen LogP) is 1.50. The molecule has 72 valence electrons. The van der Waals surface area contributed by atoms with Gasteiger partial charge in [-0.25, -0.2) is 14.3 Å². The zero-order chi connectivity index (χ0) is 10.3. The van der Waals surface area contributed by atoms with Gasteiger partial charge in [0.2, 0.25) is 0 Å². The van der Waals surface area contributed by atoms with Gasteiger partial charge in [-0.15, -0.1) is 0 Å². The van der Waals surface area contributed by atoms with E-state index in [2.05, 4.69) is 26.0 Å². The lowest BCUT2D eigenvalue weighted by molar-refractivity contribution is 0.0687. The second kappa shape index (κ2) is 3.06. The first-order valence-electron chi connectivity index (χ1n) is 3.84. The van der Waals surface area contributed by atoms with Crippen molar-refractivity contribution in [1.82, 2.24) is 14.6 Å². The van der Waals surface area contributed by atoms with Crippen molar-refractivity contribution in [3.05, 3.63) is 28.1 Å². The third-order valence-corrected chi connectivity index (χ3v) is 2.77. The molecule has 14 heavy (non-hydrogen) atoms. The van der Waals surface area contributed by atoms with Gasteiger partial charge in [0.15, 0.2) is 11.3 Å². The maximum Gasteiger partial charge on any atom is 0.354 e. The Bertz CT molecular complexity index is 521. The van der Waals surface area contributed by atoms with E-state index >= 15 is 0 Å². The van der Waals surface area contributed by atoms with Crippen LogP contribution in [0.25, 0.3) is 5.65 Å². The standard InChI is InChI=1S/C8H6BrN3O2/c1-4-6(9)7-10-3-2-5(8(13)14)12(7)11-4/h2-3H,1H3,(H,13,14). The van der Waals surface area contributed by atoms with Crippen molar-refractivity contribution < 1.29 is 9.90 Å². The van der Waals surface area contributed by atoms with Crippen molar-refractivity contribution in [2.45, 2.75) is 6.92 Å². The maximum absolute atomic E-state index is 10.8. The third-order valence-electron chi connectivity index (χ3n) is 1.84. The van der Waals surface area contributed by atoms with Gasteiger partial charge in [-0.05, 0) is 28.9 Å². The minimum Gasteiger partial charge on any atom is -0.477 e. The molecule has 0 fully saturated rings. The Morgan fingerprint density at radius 1 is 1.64 bits per heavy atom. The first-order chi connectivity index (χ1) is 6.61. The fourth-order valence-corrected chi connectivity index (χ4v) is 1.54. The average Bonchev–Trinajstić information content (AvgIpc) is 2.43. The lowest BCUT2D eigenvalue weighted by atomic mass is 10.4. The molecule has 0 amide bonds. The highest BCUT2D eigenvalue weighted by atomic mass is 79.9. The maximum atomic E-state index is 10.8. The van der Waals surface area contributed by atoms with Crippen molar-refractivity contribution in [2.75, 3.05) is 0 Å². The molecule has 2 aromatic heterocycles. The second-order valence-electron chi connectivity index (χ2n) is 2.77. The molecule has 0 aliphatic carbocycles. The Labute approximate surface area is 87.5 Å². The highest BCUT2D eigenvalue weighted by molar-refractivity contribution is 9.10. The molecule has 0 aromatic carbocycles. The van der Waals surface area contributed by atoms with Crippen LogP contribution in [0.4, 0.5) is 0 Å². The smallest absolute Gasteiger partial charge is 0.354 e. The Morgan fingerprint density at radius 2 is 2.36 bits per heavy atom. The molecular formula is C8H6BrN3O2. The molecule has 2 heterocycles. The molecule has 0 bridgehead atoms. The third kappa shape index (κ3) is 1.19. The van der Waals surface area contributed by atoms with E-state index < -0.39 is 5.97 Å². The number of aromatic carboxylic acids is 1. The topological polar surface area (TPSA) is 67.5 Å². The van der Waals surface area contributed by atoms with E-state index in [1.54, 1.807) is 6.92 Å². The highest BCUT2D eigenvalue weighted by Gasteiger charge is 2.13. The largest absolute Gasteiger partial charge is 0.477 e. The van der Waals surface area contributed by atoms with Crippen molar-refractivity contribution >= 4 is 27.5 Å². The van der Waals surface area contributed by atoms with Crippen molar-refractivity contribution in [3.63, 3.8) is 0 Å². The Hall–Kier alpha value is -1.43. The fraction of sp³-hybridized carbons (Fsp3) is 0.125. The van der Waals surface area contributed by atoms with E-state index in [-0.39, 0.29) is 5.69 Å². The number of nitrogens with zero attached hydrogens (tertiary/aromatic N) is 3. The lowest BCUT2D eigenvalue weighted by Gasteiger charge is -1.97. The number of rotatable bonds is 1. The summed E-state index contributed by atoms with van der Waals surface area (Å²) in [6.07, 6.45) is 1.45. The molecule has 5 nitrogen and oxygen atoms in total. The SMILES string of the molecule is Cc1nn2c(C(=O)O)ccnc2c1Br. The number of carboxylic acids is 1. The van der Waals surface area contributed by atoms with Gasteiger partial charge in [-0.3, -0.25) is 0 Å². The first kappa shape index (κ1) is 9.14. The Morgan fingerprint density at radius 3 is 3.00 bits per heavy atom. The minimum absolute atomic E-state index is 0.101. The lowest BCUT2D eigenvalue weighted by Crippen LogP contribution is -2.06. The van der Waals surface area contributed by atoms with Crippen molar-refractivity contribution in [1.29, 1.82) is 0 Å². The summed E-state index contributed by atoms with van der Waals surface area (Å²) in [6, 6.07) is 1.41. The molecule has 1 N–H and O–H groups in total. The first-order valence-corrected chi connectivity index (χ1v) is 4.63. The molecule has 2 aromatic rings. The zero-order valence-electron chi connectivity index (χ0n) is 7.23. The summed E-state index contributed by atoms with van der Waals surface area (Å²) in [6.45, 7) is 1.78. The minimum atomic E-state index is -1.02. The molecular weight excluding hydrogens is 250 g/mol. The molecule has 6 heteroatoms. The van der Waals surface area contributed by atoms with Crippen molar-refractivity contribution in [2.24, 2.45) is 0 Å². The van der Waals surface area contributed by atoms with E-state index in [4.69, 9.17) is 5.11 Å². The summed E-state index contributed by atoms with van der Waals surface area (Å²) in [5.41, 5.74) is 1.33. The summed E-state index contributed by atoms with van der Waals surface area (Å²) in [4.78, 5) is 14.9. The summed E-state index contributed by atoms with van der Waals surface area (Å²) >= 11 is 3.30. The van der Waals surface area contributed by atoms with Gasteiger partial charge in [-0.1, -0.05) is 0 Å². The van der Waals surface area contributed by atoms with Gasteiger partial charge in [-0.2, -0.15) is 5.10 Å². The molecule has 0 saturated heterocycles. The van der Waals surface area contributed by atoms with Crippen LogP contribution in [0.15, 0.2) is 16.7 Å². The summed E-state index contributed by atoms with van der Waals surface area (Å²) in [5.74, 6) is -1.02. The van der Waals surface area contributed by atoms with Crippen LogP contribution < -0.4 is 0 Å². The number of carbonyl (C=O) groups is 1. The van der Waals surface area contributed by atoms with Crippen LogP contribution in [-0.2, 0) is 0 Å². The monoisotopic (exact) mass is 255 g/mol. The van der Waals surface area contributed by atoms with Crippen LogP contribution in [-0.4, -0.2) is 25.7 Å². The number of hydrogen-bond acceptors (Lipinski definition) is 3. The van der Waals surface area contributed by atoms with E-state index in [0.29, 0.717) is 11.3 Å². The van der Waals surface area contributed by atoms with E-state index in [1.165, 1.54) is 16.8 Å². The predicted molar refractivity (Wildman–Crippen MR) is 52.4 cm³/mol. The molecule has 0 unspecified atom stereocenters. The van der Waals surface area contributed by atoms with Gasteiger partial charge >= 0.3 is 5.97 Å². The number of fused-ring (bicyclic) bond motifs is 1. The Kier molecular flexibility index (Phi) is 1.99. The van der Waals surface area contributed by atoms with E-state index in [0.717, 1.165) is 4.47 Å². The fourth-order valence-electron chi connectivity index (χ4n) is 1.19. The molecule has 0 aliphatic rings. The zero-order valence-corrected chi connectivity index (χ0v) is 8.82. The van der Waals surface area contributed by atoms with Crippen LogP contribution in [0.2, 0.25) is 0 Å². The van der Waals surface area contributed by atoms with Crippen LogP contribution in [0.5, 0.6) is 0 Å². The van der Waals surface area contributed by atoms with Crippen LogP contribution in [0, 0.1) is 6.92 Å². The molecule has 0 saturated carbocycles. The average molecular weight is 256 g/mol. The van der Waals surface area contributed by atoms with Gasteiger partial charge in [0.1, 0.15) is 0 Å². The van der Waals surface area contributed by atoms with Gasteiger partial charge < -0.3 is 5.11 Å². The summed E-state index contributed by atoms with van der Waals surface area (Å²) in [7, 11) is 0. The molecule has 0 radical (unpaired) electrons. The summed E-state index contributed by atoms with van der Waals surface area (Å²) in [5, 5.41) is 12.9. The molecule has 0 aliphatic heterocycles. The van der Waals surface area contributed by atoms with Gasteiger partial charge in [0.05, 0.1) is 10.2 Å². The quantitative estimate of drug-likeness (QED) is 0.839. The van der Waals surface area contributed by atoms with Gasteiger partial charge in [0, 0.05) is 6.20 Å². The van der Waals surface area contributed by atoms with E-state index in [1.807, 2.05) is 0 Å². The number of halogens is 1. The van der Waals surface area contributed by atoms with Crippen LogP contribution >= 0.6 is 15.9 Å². The molecule has 0 spiro atoms. The Balaban J connectivity index is 2.88. The normalized spacial score (nSPS) is 10.7. The number of hydrogen-bond donors (Lipinski definition) is 1. The van der Waals surface area contributed by atoms with Crippen LogP contribution in [0.1, 0.15) is 16.2 Å². The second-order valence-corrected chi connectivity index (χ2v) is 3.56. The van der Waals surface area contributed by atoms with E-state index in [9.17, 15) is 4.79 Å². The van der Waals surface area contributed by atoms with Gasteiger partial charge in [0.25, 0.3) is 0 Å².